The molecule has 2 heterocycles. The van der Waals surface area contributed by atoms with E-state index >= 15 is 0 Å². The third-order valence-electron chi connectivity index (χ3n) is 2.87. The van der Waals surface area contributed by atoms with Crippen LogP contribution >= 0.6 is 43.2 Å². The van der Waals surface area contributed by atoms with E-state index in [2.05, 4.69) is 37.3 Å². The largest absolute Gasteiger partial charge is 0.458 e. The van der Waals surface area contributed by atoms with Crippen molar-refractivity contribution in [1.29, 1.82) is 0 Å². The van der Waals surface area contributed by atoms with Crippen molar-refractivity contribution in [2.24, 2.45) is 5.84 Å². The second-order valence-electron chi connectivity index (χ2n) is 4.04. The zero-order valence-corrected chi connectivity index (χ0v) is 13.7. The van der Waals surface area contributed by atoms with Crippen molar-refractivity contribution in [1.82, 2.24) is 5.43 Å². The normalized spacial score (nSPS) is 13.0. The molecule has 1 unspecified atom stereocenters. The molecule has 6 heteroatoms. The monoisotopic (exact) mass is 400 g/mol. The lowest BCUT2D eigenvalue weighted by atomic mass is 10.2. The number of hydrogen-bond donors (Lipinski definition) is 2. The van der Waals surface area contributed by atoms with Gasteiger partial charge in [-0.1, -0.05) is 12.1 Å². The third kappa shape index (κ3) is 2.39. The van der Waals surface area contributed by atoms with Crippen LogP contribution in [0.5, 0.6) is 0 Å². The van der Waals surface area contributed by atoms with E-state index in [-0.39, 0.29) is 6.04 Å². The molecule has 3 rings (SSSR count). The SMILES string of the molecule is NNC(c1cc2cccc(Br)c2o1)c1sccc1Br. The highest BCUT2D eigenvalue weighted by atomic mass is 79.9. The Hall–Kier alpha value is -0.660. The number of nitrogens with two attached hydrogens (primary N) is 1. The van der Waals surface area contributed by atoms with E-state index in [4.69, 9.17) is 10.3 Å². The minimum absolute atomic E-state index is 0.159. The Bertz CT molecular complexity index is 722. The lowest BCUT2D eigenvalue weighted by molar-refractivity contribution is 0.479. The van der Waals surface area contributed by atoms with Crippen molar-refractivity contribution < 1.29 is 4.42 Å². The van der Waals surface area contributed by atoms with Crippen LogP contribution in [0.25, 0.3) is 11.0 Å². The second-order valence-corrected chi connectivity index (χ2v) is 6.70. The number of furan rings is 1. The molecule has 0 fully saturated rings. The Morgan fingerprint density at radius 2 is 2.05 bits per heavy atom. The Kier molecular flexibility index (Phi) is 3.77. The van der Waals surface area contributed by atoms with Crippen LogP contribution in [0.3, 0.4) is 0 Å². The molecule has 1 atom stereocenters. The number of halogens is 2. The fourth-order valence-electron chi connectivity index (χ4n) is 1.99. The van der Waals surface area contributed by atoms with Crippen molar-refractivity contribution in [3.05, 3.63) is 55.3 Å². The zero-order valence-electron chi connectivity index (χ0n) is 9.69. The molecule has 0 bridgehead atoms. The lowest BCUT2D eigenvalue weighted by Gasteiger charge is -2.11. The maximum Gasteiger partial charge on any atom is 0.148 e. The van der Waals surface area contributed by atoms with Gasteiger partial charge in [0.15, 0.2) is 0 Å². The molecule has 0 amide bonds. The molecule has 0 aliphatic carbocycles. The third-order valence-corrected chi connectivity index (χ3v) is 5.43. The first kappa shape index (κ1) is 13.3. The van der Waals surface area contributed by atoms with Gasteiger partial charge in [0, 0.05) is 14.7 Å². The summed E-state index contributed by atoms with van der Waals surface area (Å²) in [5, 5.41) is 3.07. The van der Waals surface area contributed by atoms with E-state index in [1.165, 1.54) is 0 Å². The number of hydrazine groups is 1. The minimum atomic E-state index is -0.159. The number of nitrogens with one attached hydrogen (secondary N) is 1. The number of fused-ring (bicyclic) bond motifs is 1. The summed E-state index contributed by atoms with van der Waals surface area (Å²) in [7, 11) is 0. The van der Waals surface area contributed by atoms with Crippen molar-refractivity contribution in [2.45, 2.75) is 6.04 Å². The van der Waals surface area contributed by atoms with Gasteiger partial charge in [0.05, 0.1) is 4.47 Å². The quantitative estimate of drug-likeness (QED) is 0.499. The Balaban J connectivity index is 2.12. The summed E-state index contributed by atoms with van der Waals surface area (Å²) >= 11 is 8.65. The second kappa shape index (κ2) is 5.38. The number of thiophene rings is 1. The van der Waals surface area contributed by atoms with Gasteiger partial charge in [-0.25, -0.2) is 5.43 Å². The molecular weight excluding hydrogens is 392 g/mol. The summed E-state index contributed by atoms with van der Waals surface area (Å²) in [6, 6.07) is 9.82. The molecule has 0 saturated heterocycles. The van der Waals surface area contributed by atoms with Gasteiger partial charge in [-0.3, -0.25) is 5.84 Å². The summed E-state index contributed by atoms with van der Waals surface area (Å²) in [5.74, 6) is 6.49. The highest BCUT2D eigenvalue weighted by Gasteiger charge is 2.21. The molecule has 0 saturated carbocycles. The molecule has 2 aromatic heterocycles. The van der Waals surface area contributed by atoms with Gasteiger partial charge in [-0.05, 0) is 55.4 Å². The number of para-hydroxylation sites is 1. The molecule has 0 aliphatic heterocycles. The standard InChI is InChI=1S/C13H10Br2N2OS/c14-8-3-1-2-7-6-10(18-12(7)8)11(17-16)13-9(15)4-5-19-13/h1-6,11,17H,16H2. The number of hydrogen-bond acceptors (Lipinski definition) is 4. The van der Waals surface area contributed by atoms with E-state index in [0.717, 1.165) is 30.6 Å². The average Bonchev–Trinajstić information content (AvgIpc) is 2.99. The molecule has 3 nitrogen and oxygen atoms in total. The topological polar surface area (TPSA) is 51.2 Å². The van der Waals surface area contributed by atoms with Crippen LogP contribution in [0.4, 0.5) is 0 Å². The van der Waals surface area contributed by atoms with Gasteiger partial charge in [0.1, 0.15) is 17.4 Å². The van der Waals surface area contributed by atoms with E-state index in [1.807, 2.05) is 35.7 Å². The molecule has 3 aromatic rings. The van der Waals surface area contributed by atoms with Crippen LogP contribution in [0.2, 0.25) is 0 Å². The highest BCUT2D eigenvalue weighted by Crippen LogP contribution is 2.36. The average molecular weight is 402 g/mol. The predicted molar refractivity (Wildman–Crippen MR) is 85.1 cm³/mol. The van der Waals surface area contributed by atoms with E-state index in [9.17, 15) is 0 Å². The zero-order chi connectivity index (χ0) is 13.4. The first-order valence-electron chi connectivity index (χ1n) is 5.57. The van der Waals surface area contributed by atoms with Gasteiger partial charge in [0.25, 0.3) is 0 Å². The van der Waals surface area contributed by atoms with Crippen LogP contribution in [-0.2, 0) is 0 Å². The van der Waals surface area contributed by atoms with Crippen molar-refractivity contribution in [2.75, 3.05) is 0 Å². The lowest BCUT2D eigenvalue weighted by Crippen LogP contribution is -2.28. The van der Waals surface area contributed by atoms with Crippen LogP contribution in [0, 0.1) is 0 Å². The fourth-order valence-corrected chi connectivity index (χ4v) is 4.12. The van der Waals surface area contributed by atoms with Crippen LogP contribution in [-0.4, -0.2) is 0 Å². The first-order chi connectivity index (χ1) is 9.20. The molecule has 19 heavy (non-hydrogen) atoms. The summed E-state index contributed by atoms with van der Waals surface area (Å²) in [4.78, 5) is 1.10. The van der Waals surface area contributed by atoms with Crippen molar-refractivity contribution in [3.8, 4) is 0 Å². The van der Waals surface area contributed by atoms with E-state index < -0.39 is 0 Å². The van der Waals surface area contributed by atoms with Gasteiger partial charge >= 0.3 is 0 Å². The first-order valence-corrected chi connectivity index (χ1v) is 8.04. The Labute approximate surface area is 131 Å². The number of benzene rings is 1. The molecule has 98 valence electrons. The van der Waals surface area contributed by atoms with Crippen LogP contribution in [0.1, 0.15) is 16.7 Å². The Morgan fingerprint density at radius 3 is 2.68 bits per heavy atom. The molecule has 0 radical (unpaired) electrons. The number of rotatable bonds is 3. The van der Waals surface area contributed by atoms with Crippen molar-refractivity contribution >= 4 is 54.2 Å². The molecule has 0 spiro atoms. The van der Waals surface area contributed by atoms with E-state index in [0.29, 0.717) is 0 Å². The van der Waals surface area contributed by atoms with Gasteiger partial charge in [-0.2, -0.15) is 0 Å². The van der Waals surface area contributed by atoms with Crippen LogP contribution in [0.15, 0.2) is 49.1 Å². The van der Waals surface area contributed by atoms with Crippen molar-refractivity contribution in [3.63, 3.8) is 0 Å². The maximum absolute atomic E-state index is 5.93. The summed E-state index contributed by atoms with van der Waals surface area (Å²) in [5.41, 5.74) is 3.65. The van der Waals surface area contributed by atoms with Crippen LogP contribution < -0.4 is 11.3 Å². The van der Waals surface area contributed by atoms with Gasteiger partial charge in [0.2, 0.25) is 0 Å². The fraction of sp³-hybridized carbons (Fsp3) is 0.0769. The molecule has 0 aliphatic rings. The van der Waals surface area contributed by atoms with Gasteiger partial charge in [-0.15, -0.1) is 11.3 Å². The molecule has 1 aromatic carbocycles. The summed E-state index contributed by atoms with van der Waals surface area (Å²) < 4.78 is 7.90. The van der Waals surface area contributed by atoms with Gasteiger partial charge < -0.3 is 4.42 Å². The summed E-state index contributed by atoms with van der Waals surface area (Å²) in [6.45, 7) is 0. The van der Waals surface area contributed by atoms with E-state index in [1.54, 1.807) is 11.3 Å². The molecular formula is C13H10Br2N2OS. The smallest absolute Gasteiger partial charge is 0.148 e. The molecule has 3 N–H and O–H groups in total. The minimum Gasteiger partial charge on any atom is -0.458 e. The maximum atomic E-state index is 5.93. The summed E-state index contributed by atoms with van der Waals surface area (Å²) in [6.07, 6.45) is 0. The predicted octanol–water partition coefficient (Wildman–Crippen LogP) is 4.57. The highest BCUT2D eigenvalue weighted by molar-refractivity contribution is 9.11. The Morgan fingerprint density at radius 1 is 1.21 bits per heavy atom.